The lowest BCUT2D eigenvalue weighted by Gasteiger charge is -2.34. The van der Waals surface area contributed by atoms with Crippen LogP contribution in [0.1, 0.15) is 5.56 Å². The summed E-state index contributed by atoms with van der Waals surface area (Å²) in [6, 6.07) is 6.63. The van der Waals surface area contributed by atoms with Crippen LogP contribution in [-0.4, -0.2) is 24.2 Å². The number of nitrogens with zero attached hydrogens (tertiary/aromatic N) is 1. The Bertz CT molecular complexity index is 295. The molecule has 0 aromatic heterocycles. The fraction of sp³-hybridized carbons (Fsp3) is 0.400. The predicted octanol–water partition coefficient (Wildman–Crippen LogP) is 1.98. The molecule has 0 saturated carbocycles. The summed E-state index contributed by atoms with van der Waals surface area (Å²) in [5.74, 6) is -0.204. The van der Waals surface area contributed by atoms with Gasteiger partial charge in [0.05, 0.1) is 0 Å². The molecule has 1 aliphatic heterocycles. The molecule has 1 heterocycles. The van der Waals surface area contributed by atoms with Crippen LogP contribution < -0.4 is 0 Å². The molecular weight excluding hydrogens is 172 g/mol. The summed E-state index contributed by atoms with van der Waals surface area (Å²) in [5.41, 5.74) is 0.648. The summed E-state index contributed by atoms with van der Waals surface area (Å²) < 4.78 is 25.5. The highest BCUT2D eigenvalue weighted by Gasteiger charge is 2.26. The van der Waals surface area contributed by atoms with Crippen molar-refractivity contribution in [3.05, 3.63) is 35.6 Å². The van der Waals surface area contributed by atoms with E-state index in [9.17, 15) is 8.78 Å². The number of likely N-dealkylation sites (tertiary alicyclic amines) is 1. The van der Waals surface area contributed by atoms with E-state index in [1.165, 1.54) is 6.07 Å². The van der Waals surface area contributed by atoms with Crippen molar-refractivity contribution in [1.82, 2.24) is 4.90 Å². The number of benzene rings is 1. The second-order valence-electron chi connectivity index (χ2n) is 3.38. The fourth-order valence-corrected chi connectivity index (χ4v) is 1.50. The first-order valence-electron chi connectivity index (χ1n) is 4.35. The van der Waals surface area contributed by atoms with Crippen LogP contribution in [0, 0.1) is 5.82 Å². The molecule has 2 rings (SSSR count). The Morgan fingerprint density at radius 3 is 2.62 bits per heavy atom. The van der Waals surface area contributed by atoms with Crippen LogP contribution in [0.15, 0.2) is 24.3 Å². The third-order valence-corrected chi connectivity index (χ3v) is 2.26. The van der Waals surface area contributed by atoms with Gasteiger partial charge < -0.3 is 0 Å². The monoisotopic (exact) mass is 183 g/mol. The van der Waals surface area contributed by atoms with Gasteiger partial charge in [-0.2, -0.15) is 0 Å². The first kappa shape index (κ1) is 8.63. The lowest BCUT2D eigenvalue weighted by molar-refractivity contribution is 0.0582. The van der Waals surface area contributed by atoms with Gasteiger partial charge in [0.1, 0.15) is 12.0 Å². The molecule has 13 heavy (non-hydrogen) atoms. The highest BCUT2D eigenvalue weighted by Crippen LogP contribution is 2.16. The summed E-state index contributed by atoms with van der Waals surface area (Å²) in [5, 5.41) is 0. The van der Waals surface area contributed by atoms with Crippen LogP contribution in [0.5, 0.6) is 0 Å². The zero-order chi connectivity index (χ0) is 9.26. The summed E-state index contributed by atoms with van der Waals surface area (Å²) >= 11 is 0. The molecule has 0 radical (unpaired) electrons. The van der Waals surface area contributed by atoms with E-state index in [-0.39, 0.29) is 5.82 Å². The number of rotatable bonds is 2. The molecule has 1 aromatic carbocycles. The van der Waals surface area contributed by atoms with Gasteiger partial charge in [-0.3, -0.25) is 4.90 Å². The molecule has 1 aromatic rings. The van der Waals surface area contributed by atoms with Crippen molar-refractivity contribution in [2.75, 3.05) is 13.1 Å². The number of halogens is 2. The Labute approximate surface area is 76.0 Å². The van der Waals surface area contributed by atoms with Crippen molar-refractivity contribution in [2.24, 2.45) is 0 Å². The average Bonchev–Trinajstić information content (AvgIpc) is 2.06. The Balaban J connectivity index is 1.98. The predicted molar refractivity (Wildman–Crippen MR) is 46.6 cm³/mol. The van der Waals surface area contributed by atoms with Crippen LogP contribution in [0.4, 0.5) is 8.78 Å². The molecule has 0 spiro atoms. The van der Waals surface area contributed by atoms with Gasteiger partial charge in [-0.15, -0.1) is 0 Å². The molecule has 0 atom stereocenters. The zero-order valence-corrected chi connectivity index (χ0v) is 7.21. The van der Waals surface area contributed by atoms with E-state index < -0.39 is 6.17 Å². The summed E-state index contributed by atoms with van der Waals surface area (Å²) in [6.07, 6.45) is -0.716. The molecule has 0 aliphatic carbocycles. The molecular formula is C10H11F2N. The van der Waals surface area contributed by atoms with Gasteiger partial charge in [0.15, 0.2) is 0 Å². The Morgan fingerprint density at radius 1 is 1.31 bits per heavy atom. The van der Waals surface area contributed by atoms with Crippen molar-refractivity contribution in [1.29, 1.82) is 0 Å². The molecule has 0 unspecified atom stereocenters. The van der Waals surface area contributed by atoms with E-state index in [4.69, 9.17) is 0 Å². The van der Waals surface area contributed by atoms with E-state index in [0.29, 0.717) is 25.2 Å². The van der Waals surface area contributed by atoms with E-state index in [2.05, 4.69) is 0 Å². The highest BCUT2D eigenvalue weighted by molar-refractivity contribution is 5.17. The maximum atomic E-state index is 13.1. The topological polar surface area (TPSA) is 3.24 Å². The summed E-state index contributed by atoms with van der Waals surface area (Å²) in [4.78, 5) is 1.89. The summed E-state index contributed by atoms with van der Waals surface area (Å²) in [7, 11) is 0. The number of alkyl halides is 1. The quantitative estimate of drug-likeness (QED) is 0.677. The Morgan fingerprint density at radius 2 is 2.00 bits per heavy atom. The van der Waals surface area contributed by atoms with E-state index in [0.717, 1.165) is 0 Å². The van der Waals surface area contributed by atoms with Gasteiger partial charge in [-0.25, -0.2) is 8.78 Å². The number of hydrogen-bond acceptors (Lipinski definition) is 1. The van der Waals surface area contributed by atoms with Crippen molar-refractivity contribution in [3.8, 4) is 0 Å². The molecule has 1 saturated heterocycles. The third kappa shape index (κ3) is 1.86. The van der Waals surface area contributed by atoms with Gasteiger partial charge in [0, 0.05) is 25.2 Å². The van der Waals surface area contributed by atoms with E-state index in [1.54, 1.807) is 18.2 Å². The minimum absolute atomic E-state index is 0.204. The highest BCUT2D eigenvalue weighted by atomic mass is 19.1. The Kier molecular flexibility index (Phi) is 2.27. The number of hydrogen-bond donors (Lipinski definition) is 0. The normalized spacial score (nSPS) is 18.6. The minimum Gasteiger partial charge on any atom is -0.293 e. The smallest absolute Gasteiger partial charge is 0.127 e. The third-order valence-electron chi connectivity index (χ3n) is 2.26. The van der Waals surface area contributed by atoms with E-state index in [1.807, 2.05) is 4.90 Å². The molecule has 1 nitrogen and oxygen atoms in total. The SMILES string of the molecule is Fc1ccccc1CN1CC(F)C1. The largest absolute Gasteiger partial charge is 0.293 e. The molecule has 3 heteroatoms. The van der Waals surface area contributed by atoms with Crippen molar-refractivity contribution < 1.29 is 8.78 Å². The van der Waals surface area contributed by atoms with Gasteiger partial charge in [-0.05, 0) is 6.07 Å². The van der Waals surface area contributed by atoms with Gasteiger partial charge >= 0.3 is 0 Å². The molecule has 0 bridgehead atoms. The second-order valence-corrected chi connectivity index (χ2v) is 3.38. The van der Waals surface area contributed by atoms with Crippen molar-refractivity contribution in [2.45, 2.75) is 12.7 Å². The van der Waals surface area contributed by atoms with Crippen molar-refractivity contribution >= 4 is 0 Å². The molecule has 0 N–H and O–H groups in total. The molecule has 70 valence electrons. The first-order valence-corrected chi connectivity index (χ1v) is 4.35. The van der Waals surface area contributed by atoms with Gasteiger partial charge in [-0.1, -0.05) is 18.2 Å². The molecule has 1 aliphatic rings. The van der Waals surface area contributed by atoms with Crippen LogP contribution in [0.2, 0.25) is 0 Å². The van der Waals surface area contributed by atoms with E-state index >= 15 is 0 Å². The lowest BCUT2D eigenvalue weighted by atomic mass is 10.1. The standard InChI is InChI=1S/C10H11F2N/c11-9-6-13(7-9)5-8-3-1-2-4-10(8)12/h1-4,9H,5-7H2. The average molecular weight is 183 g/mol. The van der Waals surface area contributed by atoms with Crippen molar-refractivity contribution in [3.63, 3.8) is 0 Å². The molecule has 0 amide bonds. The zero-order valence-electron chi connectivity index (χ0n) is 7.21. The lowest BCUT2D eigenvalue weighted by Crippen LogP contribution is -2.47. The van der Waals surface area contributed by atoms with Gasteiger partial charge in [0.25, 0.3) is 0 Å². The minimum atomic E-state index is -0.716. The van der Waals surface area contributed by atoms with Gasteiger partial charge in [0.2, 0.25) is 0 Å². The van der Waals surface area contributed by atoms with Crippen LogP contribution in [0.3, 0.4) is 0 Å². The van der Waals surface area contributed by atoms with Crippen LogP contribution >= 0.6 is 0 Å². The van der Waals surface area contributed by atoms with Crippen LogP contribution in [0.25, 0.3) is 0 Å². The van der Waals surface area contributed by atoms with Crippen LogP contribution in [-0.2, 0) is 6.54 Å². The Hall–Kier alpha value is -0.960. The summed E-state index contributed by atoms with van der Waals surface area (Å²) in [6.45, 7) is 1.40. The fourth-order valence-electron chi connectivity index (χ4n) is 1.50. The maximum Gasteiger partial charge on any atom is 0.127 e. The maximum absolute atomic E-state index is 13.1. The first-order chi connectivity index (χ1) is 6.25. The molecule has 1 fully saturated rings. The second kappa shape index (κ2) is 3.42.